The molecule has 1 atom stereocenters. The summed E-state index contributed by atoms with van der Waals surface area (Å²) < 4.78 is 5.92. The summed E-state index contributed by atoms with van der Waals surface area (Å²) in [6.45, 7) is 6.33. The highest BCUT2D eigenvalue weighted by Gasteiger charge is 2.25. The van der Waals surface area contributed by atoms with Crippen LogP contribution < -0.4 is 15.4 Å². The standard InChI is InChI=1S/C30H44N6O4/c1-34-18-20-36(21-19-34)30(39)33-27(29(37)38)14-17-35(22-23-40-26-10-3-2-4-11-26)16-6-5-9-25-13-12-24-8-7-15-31-28(24)32-25/h2-4,10-13,27H,5-9,14-23H2,1H3,(H,31,32)(H,33,39)(H,37,38)/t27-/m0/s1. The summed E-state index contributed by atoms with van der Waals surface area (Å²) in [4.78, 5) is 35.6. The molecule has 0 aliphatic carbocycles. The lowest BCUT2D eigenvalue weighted by atomic mass is 10.1. The van der Waals surface area contributed by atoms with Gasteiger partial charge in [0.05, 0.1) is 0 Å². The third-order valence-corrected chi connectivity index (χ3v) is 7.65. The van der Waals surface area contributed by atoms with Crippen LogP contribution in [0.1, 0.15) is 36.9 Å². The minimum Gasteiger partial charge on any atom is -0.492 e. The van der Waals surface area contributed by atoms with E-state index in [1.165, 1.54) is 5.56 Å². The molecule has 4 rings (SSSR count). The summed E-state index contributed by atoms with van der Waals surface area (Å²) in [6.07, 6.45) is 5.43. The minimum atomic E-state index is -1.00. The van der Waals surface area contributed by atoms with E-state index in [4.69, 9.17) is 9.72 Å². The number of aliphatic carboxylic acids is 1. The van der Waals surface area contributed by atoms with Crippen LogP contribution in [0.5, 0.6) is 5.75 Å². The number of carbonyl (C=O) groups excluding carboxylic acids is 1. The predicted molar refractivity (Wildman–Crippen MR) is 156 cm³/mol. The molecule has 0 bridgehead atoms. The number of piperazine rings is 1. The largest absolute Gasteiger partial charge is 0.492 e. The Morgan fingerprint density at radius 2 is 1.88 bits per heavy atom. The molecule has 10 heteroatoms. The van der Waals surface area contributed by atoms with Crippen LogP contribution in [0.2, 0.25) is 0 Å². The second kappa shape index (κ2) is 15.4. The van der Waals surface area contributed by atoms with E-state index >= 15 is 0 Å². The van der Waals surface area contributed by atoms with Crippen LogP contribution >= 0.6 is 0 Å². The molecule has 2 amide bonds. The number of nitrogens with one attached hydrogen (secondary N) is 2. The Bertz CT molecular complexity index is 1080. The van der Waals surface area contributed by atoms with Gasteiger partial charge in [-0.05, 0) is 75.9 Å². The van der Waals surface area contributed by atoms with E-state index in [2.05, 4.69) is 32.6 Å². The average molecular weight is 553 g/mol. The molecule has 2 aromatic rings. The Labute approximate surface area is 237 Å². The first-order valence-corrected chi connectivity index (χ1v) is 14.6. The van der Waals surface area contributed by atoms with Gasteiger partial charge in [-0.15, -0.1) is 0 Å². The summed E-state index contributed by atoms with van der Waals surface area (Å²) in [5, 5.41) is 16.0. The van der Waals surface area contributed by atoms with Crippen molar-refractivity contribution in [2.24, 2.45) is 0 Å². The van der Waals surface area contributed by atoms with E-state index < -0.39 is 12.0 Å². The number of hydrogen-bond acceptors (Lipinski definition) is 7. The van der Waals surface area contributed by atoms with E-state index in [1.807, 2.05) is 37.4 Å². The lowest BCUT2D eigenvalue weighted by Gasteiger charge is -2.33. The number of nitrogens with zero attached hydrogens (tertiary/aromatic N) is 4. The molecule has 218 valence electrons. The van der Waals surface area contributed by atoms with Crippen LogP contribution in [0.3, 0.4) is 0 Å². The summed E-state index contributed by atoms with van der Waals surface area (Å²) >= 11 is 0. The molecular formula is C30H44N6O4. The van der Waals surface area contributed by atoms with Crippen molar-refractivity contribution in [2.75, 3.05) is 71.3 Å². The highest BCUT2D eigenvalue weighted by Crippen LogP contribution is 2.20. The number of aromatic nitrogens is 1. The molecule has 3 N–H and O–H groups in total. The normalized spacial score (nSPS) is 16.2. The molecule has 0 saturated carbocycles. The van der Waals surface area contributed by atoms with Crippen LogP contribution in [0.4, 0.5) is 10.6 Å². The first-order chi connectivity index (χ1) is 19.5. The molecule has 3 heterocycles. The van der Waals surface area contributed by atoms with Crippen molar-refractivity contribution >= 4 is 17.8 Å². The number of unbranched alkanes of at least 4 members (excludes halogenated alkanes) is 1. The lowest BCUT2D eigenvalue weighted by molar-refractivity contribution is -0.139. The number of fused-ring (bicyclic) bond motifs is 1. The van der Waals surface area contributed by atoms with Crippen molar-refractivity contribution < 1.29 is 19.4 Å². The molecule has 0 spiro atoms. The fraction of sp³-hybridized carbons (Fsp3) is 0.567. The number of ether oxygens (including phenoxy) is 1. The number of benzene rings is 1. The summed E-state index contributed by atoms with van der Waals surface area (Å²) in [5.74, 6) is 0.842. The van der Waals surface area contributed by atoms with Crippen LogP contribution in [0.25, 0.3) is 0 Å². The van der Waals surface area contributed by atoms with Gasteiger partial charge in [-0.25, -0.2) is 14.6 Å². The molecule has 40 heavy (non-hydrogen) atoms. The van der Waals surface area contributed by atoms with Gasteiger partial charge in [0, 0.05) is 51.5 Å². The van der Waals surface area contributed by atoms with E-state index in [9.17, 15) is 14.7 Å². The first-order valence-electron chi connectivity index (χ1n) is 14.6. The maximum atomic E-state index is 12.7. The highest BCUT2D eigenvalue weighted by molar-refractivity contribution is 5.82. The van der Waals surface area contributed by atoms with E-state index in [1.54, 1.807) is 4.90 Å². The third kappa shape index (κ3) is 9.38. The third-order valence-electron chi connectivity index (χ3n) is 7.65. The predicted octanol–water partition coefficient (Wildman–Crippen LogP) is 2.94. The SMILES string of the molecule is CN1CCN(C(=O)N[C@@H](CCN(CCCCc2ccc3c(n2)NCCC3)CCOc2ccccc2)C(=O)O)CC1. The van der Waals surface area contributed by atoms with Crippen LogP contribution in [0.15, 0.2) is 42.5 Å². The zero-order chi connectivity index (χ0) is 28.2. The monoisotopic (exact) mass is 552 g/mol. The molecule has 1 aromatic heterocycles. The van der Waals surface area contributed by atoms with Gasteiger partial charge in [-0.2, -0.15) is 0 Å². The van der Waals surface area contributed by atoms with Gasteiger partial charge < -0.3 is 30.3 Å². The van der Waals surface area contributed by atoms with Crippen LogP contribution in [-0.2, 0) is 17.6 Å². The Kier molecular flexibility index (Phi) is 11.4. The lowest BCUT2D eigenvalue weighted by Crippen LogP contribution is -2.54. The van der Waals surface area contributed by atoms with Crippen molar-refractivity contribution in [1.82, 2.24) is 25.0 Å². The quantitative estimate of drug-likeness (QED) is 0.307. The van der Waals surface area contributed by atoms with Crippen molar-refractivity contribution in [2.45, 2.75) is 44.6 Å². The maximum absolute atomic E-state index is 12.7. The van der Waals surface area contributed by atoms with Gasteiger partial charge in [-0.3, -0.25) is 4.90 Å². The van der Waals surface area contributed by atoms with Crippen molar-refractivity contribution in [3.63, 3.8) is 0 Å². The molecule has 1 aromatic carbocycles. The number of aryl methyl sites for hydroxylation is 2. The topological polar surface area (TPSA) is 110 Å². The van der Waals surface area contributed by atoms with Crippen LogP contribution in [-0.4, -0.2) is 109 Å². The number of carboxylic acid groups (broad SMARTS) is 1. The zero-order valence-corrected chi connectivity index (χ0v) is 23.7. The number of amides is 2. The fourth-order valence-electron chi connectivity index (χ4n) is 5.11. The Balaban J connectivity index is 1.27. The Morgan fingerprint density at radius 1 is 1.07 bits per heavy atom. The summed E-state index contributed by atoms with van der Waals surface area (Å²) in [6, 6.07) is 12.8. The first kappa shape index (κ1) is 29.6. The number of anilines is 1. The summed E-state index contributed by atoms with van der Waals surface area (Å²) in [7, 11) is 2.02. The van der Waals surface area contributed by atoms with Crippen molar-refractivity contribution in [1.29, 1.82) is 0 Å². The van der Waals surface area contributed by atoms with Gasteiger partial charge in [-0.1, -0.05) is 24.3 Å². The number of carbonyl (C=O) groups is 2. The Hall–Kier alpha value is -3.37. The van der Waals surface area contributed by atoms with Gasteiger partial charge in [0.25, 0.3) is 0 Å². The zero-order valence-electron chi connectivity index (χ0n) is 23.7. The fourth-order valence-corrected chi connectivity index (χ4v) is 5.11. The molecule has 1 saturated heterocycles. The summed E-state index contributed by atoms with van der Waals surface area (Å²) in [5.41, 5.74) is 2.40. The van der Waals surface area contributed by atoms with Gasteiger partial charge in [0.2, 0.25) is 0 Å². The molecule has 0 radical (unpaired) electrons. The number of rotatable bonds is 14. The molecule has 2 aliphatic heterocycles. The van der Waals surface area contributed by atoms with Gasteiger partial charge in [0.1, 0.15) is 24.2 Å². The average Bonchev–Trinajstić information content (AvgIpc) is 2.97. The second-order valence-electron chi connectivity index (χ2n) is 10.7. The Morgan fingerprint density at radius 3 is 2.65 bits per heavy atom. The van der Waals surface area contributed by atoms with E-state index in [0.717, 1.165) is 75.5 Å². The molecule has 2 aliphatic rings. The van der Waals surface area contributed by atoms with E-state index in [0.29, 0.717) is 39.2 Å². The maximum Gasteiger partial charge on any atom is 0.326 e. The van der Waals surface area contributed by atoms with Crippen LogP contribution in [0, 0.1) is 0 Å². The number of carboxylic acids is 1. The van der Waals surface area contributed by atoms with Gasteiger partial charge >= 0.3 is 12.0 Å². The van der Waals surface area contributed by atoms with Gasteiger partial charge in [0.15, 0.2) is 0 Å². The number of likely N-dealkylation sites (N-methyl/N-ethyl adjacent to an activating group) is 1. The number of para-hydroxylation sites is 1. The smallest absolute Gasteiger partial charge is 0.326 e. The van der Waals surface area contributed by atoms with E-state index in [-0.39, 0.29) is 6.03 Å². The second-order valence-corrected chi connectivity index (χ2v) is 10.7. The number of pyridine rings is 1. The number of hydrogen-bond donors (Lipinski definition) is 3. The highest BCUT2D eigenvalue weighted by atomic mass is 16.5. The van der Waals surface area contributed by atoms with Crippen molar-refractivity contribution in [3.05, 3.63) is 53.7 Å². The molecule has 10 nitrogen and oxygen atoms in total. The molecular weight excluding hydrogens is 508 g/mol. The van der Waals surface area contributed by atoms with Crippen molar-refractivity contribution in [3.8, 4) is 5.75 Å². The number of urea groups is 1. The molecule has 1 fully saturated rings. The minimum absolute atomic E-state index is 0.300. The molecule has 0 unspecified atom stereocenters.